The SMILES string of the molecule is CCOC(=O)C1=C(C)N=c2s/c(=C\c3ccc(-c4ccc([N+](=O)[O-])cc4OC)o3)c(=O)n2[C@H]1c1ccc(OCC(=O)OC)c(OCC)c1. The summed E-state index contributed by atoms with van der Waals surface area (Å²) in [7, 11) is 2.65. The van der Waals surface area contributed by atoms with Crippen molar-refractivity contribution in [1.82, 2.24) is 4.57 Å². The first-order chi connectivity index (χ1) is 23.1. The Balaban J connectivity index is 1.61. The van der Waals surface area contributed by atoms with Gasteiger partial charge in [-0.05, 0) is 56.7 Å². The van der Waals surface area contributed by atoms with Crippen molar-refractivity contribution in [3.8, 4) is 28.6 Å². The van der Waals surface area contributed by atoms with E-state index in [1.165, 1.54) is 37.0 Å². The van der Waals surface area contributed by atoms with Crippen molar-refractivity contribution in [2.24, 2.45) is 4.99 Å². The van der Waals surface area contributed by atoms with Gasteiger partial charge >= 0.3 is 11.9 Å². The summed E-state index contributed by atoms with van der Waals surface area (Å²) in [5.74, 6) is 0.316. The monoisotopic (exact) mass is 677 g/mol. The second-order valence-electron chi connectivity index (χ2n) is 10.1. The van der Waals surface area contributed by atoms with Crippen LogP contribution in [0.3, 0.4) is 0 Å². The highest BCUT2D eigenvalue weighted by Crippen LogP contribution is 2.37. The van der Waals surface area contributed by atoms with Crippen LogP contribution in [0.25, 0.3) is 17.4 Å². The molecule has 0 aliphatic carbocycles. The molecule has 2 aromatic heterocycles. The number of hydrogen-bond acceptors (Lipinski definition) is 13. The van der Waals surface area contributed by atoms with E-state index in [2.05, 4.69) is 9.73 Å². The number of allylic oxidation sites excluding steroid dienone is 1. The molecule has 5 rings (SSSR count). The highest BCUT2D eigenvalue weighted by atomic mass is 32.1. The van der Waals surface area contributed by atoms with E-state index in [1.807, 2.05) is 0 Å². The molecule has 0 N–H and O–H groups in total. The van der Waals surface area contributed by atoms with Gasteiger partial charge in [-0.2, -0.15) is 0 Å². The van der Waals surface area contributed by atoms with Crippen LogP contribution in [0, 0.1) is 10.1 Å². The Morgan fingerprint density at radius 1 is 1.04 bits per heavy atom. The zero-order valence-corrected chi connectivity index (χ0v) is 27.5. The van der Waals surface area contributed by atoms with Crippen molar-refractivity contribution in [3.05, 3.63) is 101 Å². The van der Waals surface area contributed by atoms with E-state index in [-0.39, 0.29) is 47.1 Å². The van der Waals surface area contributed by atoms with Crippen LogP contribution in [0.15, 0.2) is 74.0 Å². The number of thiazole rings is 1. The number of ether oxygens (including phenoxy) is 5. The number of fused-ring (bicyclic) bond motifs is 1. The quantitative estimate of drug-likeness (QED) is 0.121. The Labute approximate surface area is 277 Å². The first-order valence-corrected chi connectivity index (χ1v) is 15.5. The molecule has 1 aliphatic heterocycles. The third-order valence-corrected chi connectivity index (χ3v) is 8.22. The van der Waals surface area contributed by atoms with Crippen LogP contribution in [0.5, 0.6) is 17.2 Å². The fourth-order valence-electron chi connectivity index (χ4n) is 5.09. The summed E-state index contributed by atoms with van der Waals surface area (Å²) in [5, 5.41) is 11.2. The largest absolute Gasteiger partial charge is 0.496 e. The third-order valence-electron chi connectivity index (χ3n) is 7.24. The number of rotatable bonds is 12. The second kappa shape index (κ2) is 14.4. The number of furan rings is 1. The molecular weight excluding hydrogens is 646 g/mol. The Hall–Kier alpha value is -5.70. The topological polar surface area (TPSA) is 171 Å². The molecule has 1 atom stereocenters. The number of carbonyl (C=O) groups excluding carboxylic acids is 2. The van der Waals surface area contributed by atoms with Gasteiger partial charge in [-0.25, -0.2) is 14.6 Å². The van der Waals surface area contributed by atoms with E-state index in [9.17, 15) is 24.5 Å². The predicted octanol–water partition coefficient (Wildman–Crippen LogP) is 3.93. The third kappa shape index (κ3) is 6.71. The maximum Gasteiger partial charge on any atom is 0.343 e. The van der Waals surface area contributed by atoms with Crippen molar-refractivity contribution >= 4 is 35.0 Å². The summed E-state index contributed by atoms with van der Waals surface area (Å²) in [6, 6.07) is 11.5. The Kier molecular flexibility index (Phi) is 10.1. The number of nitro benzene ring substituents is 1. The maximum atomic E-state index is 14.1. The number of esters is 2. The molecule has 0 radical (unpaired) electrons. The number of aromatic nitrogens is 1. The van der Waals surface area contributed by atoms with E-state index < -0.39 is 28.5 Å². The molecule has 250 valence electrons. The Morgan fingerprint density at radius 3 is 2.52 bits per heavy atom. The molecule has 0 saturated carbocycles. The van der Waals surface area contributed by atoms with Crippen LogP contribution in [0.1, 0.15) is 38.1 Å². The maximum absolute atomic E-state index is 14.1. The highest BCUT2D eigenvalue weighted by molar-refractivity contribution is 7.07. The Morgan fingerprint density at radius 2 is 1.83 bits per heavy atom. The molecule has 14 nitrogen and oxygen atoms in total. The van der Waals surface area contributed by atoms with Gasteiger partial charge in [-0.15, -0.1) is 0 Å². The van der Waals surface area contributed by atoms with Crippen LogP contribution in [0.4, 0.5) is 5.69 Å². The molecular formula is C33H31N3O11S. The van der Waals surface area contributed by atoms with Gasteiger partial charge in [0.1, 0.15) is 17.3 Å². The molecule has 4 aromatic rings. The molecule has 2 aromatic carbocycles. The van der Waals surface area contributed by atoms with Gasteiger partial charge in [0.2, 0.25) is 0 Å². The minimum atomic E-state index is -0.937. The van der Waals surface area contributed by atoms with Crippen LogP contribution >= 0.6 is 11.3 Å². The van der Waals surface area contributed by atoms with Crippen LogP contribution in [0.2, 0.25) is 0 Å². The molecule has 0 bridgehead atoms. The standard InChI is InChI=1S/C33H31N3O11S/c1-6-44-26-14-19(8-12-24(26)46-17-28(37)43-5)30-29(32(39)45-7-2)18(3)34-33-35(30)31(38)27(48-33)16-21-10-13-23(47-21)22-11-9-20(36(40)41)15-25(22)42-4/h8-16,30H,6-7,17H2,1-5H3/b27-16-/t30-/m0/s1. The lowest BCUT2D eigenvalue weighted by atomic mass is 9.95. The number of hydrogen-bond donors (Lipinski definition) is 0. The smallest absolute Gasteiger partial charge is 0.343 e. The number of carbonyl (C=O) groups is 2. The lowest BCUT2D eigenvalue weighted by Crippen LogP contribution is -2.40. The fraction of sp³-hybridized carbons (Fsp3) is 0.273. The van der Waals surface area contributed by atoms with Gasteiger partial charge in [0.05, 0.1) is 65.8 Å². The Bertz CT molecular complexity index is 2110. The number of nitro groups is 1. The summed E-state index contributed by atoms with van der Waals surface area (Å²) < 4.78 is 34.5. The van der Waals surface area contributed by atoms with Gasteiger partial charge < -0.3 is 28.1 Å². The number of methoxy groups -OCH3 is 2. The fourth-order valence-corrected chi connectivity index (χ4v) is 6.11. The van der Waals surface area contributed by atoms with Crippen molar-refractivity contribution < 1.29 is 42.6 Å². The average Bonchev–Trinajstić information content (AvgIpc) is 3.66. The van der Waals surface area contributed by atoms with Crippen molar-refractivity contribution in [2.45, 2.75) is 26.8 Å². The van der Waals surface area contributed by atoms with E-state index in [0.29, 0.717) is 38.9 Å². The summed E-state index contributed by atoms with van der Waals surface area (Å²) in [5.41, 5.74) is 0.982. The molecule has 0 saturated heterocycles. The number of non-ortho nitro benzene ring substituents is 1. The van der Waals surface area contributed by atoms with E-state index >= 15 is 0 Å². The van der Waals surface area contributed by atoms with Crippen molar-refractivity contribution in [3.63, 3.8) is 0 Å². The predicted molar refractivity (Wildman–Crippen MR) is 173 cm³/mol. The zero-order chi connectivity index (χ0) is 34.5. The number of benzene rings is 2. The van der Waals surface area contributed by atoms with Crippen LogP contribution in [-0.4, -0.2) is 55.5 Å². The summed E-state index contributed by atoms with van der Waals surface area (Å²) in [6.45, 7) is 5.18. The van der Waals surface area contributed by atoms with Gasteiger partial charge in [-0.1, -0.05) is 17.4 Å². The van der Waals surface area contributed by atoms with Crippen molar-refractivity contribution in [2.75, 3.05) is 34.0 Å². The summed E-state index contributed by atoms with van der Waals surface area (Å²) >= 11 is 1.11. The first-order valence-electron chi connectivity index (χ1n) is 14.7. The first kappa shape index (κ1) is 33.7. The molecule has 0 spiro atoms. The van der Waals surface area contributed by atoms with E-state index in [4.69, 9.17) is 23.4 Å². The molecule has 15 heteroatoms. The minimum absolute atomic E-state index is 0.109. The molecule has 0 unspecified atom stereocenters. The molecule has 1 aliphatic rings. The molecule has 48 heavy (non-hydrogen) atoms. The van der Waals surface area contributed by atoms with E-state index in [1.54, 1.807) is 57.2 Å². The minimum Gasteiger partial charge on any atom is -0.496 e. The molecule has 0 amide bonds. The van der Waals surface area contributed by atoms with E-state index in [0.717, 1.165) is 11.3 Å². The van der Waals surface area contributed by atoms with Gasteiger partial charge in [0.15, 0.2) is 22.9 Å². The van der Waals surface area contributed by atoms with Crippen LogP contribution in [-0.2, 0) is 19.1 Å². The van der Waals surface area contributed by atoms with Gasteiger partial charge in [0.25, 0.3) is 11.2 Å². The molecule has 3 heterocycles. The van der Waals surface area contributed by atoms with Crippen LogP contribution < -0.4 is 29.1 Å². The summed E-state index contributed by atoms with van der Waals surface area (Å²) in [4.78, 5) is 54.7. The normalized spacial score (nSPS) is 14.2. The molecule has 0 fully saturated rings. The lowest BCUT2D eigenvalue weighted by Gasteiger charge is -2.25. The highest BCUT2D eigenvalue weighted by Gasteiger charge is 2.34. The average molecular weight is 678 g/mol. The van der Waals surface area contributed by atoms with Gasteiger partial charge in [0, 0.05) is 12.1 Å². The summed E-state index contributed by atoms with van der Waals surface area (Å²) in [6.07, 6.45) is 1.56. The lowest BCUT2D eigenvalue weighted by molar-refractivity contribution is -0.384. The zero-order valence-electron chi connectivity index (χ0n) is 26.6. The van der Waals surface area contributed by atoms with Crippen molar-refractivity contribution in [1.29, 1.82) is 0 Å². The number of nitrogens with zero attached hydrogens (tertiary/aromatic N) is 3. The van der Waals surface area contributed by atoms with Gasteiger partial charge in [-0.3, -0.25) is 19.5 Å². The second-order valence-corrected chi connectivity index (χ2v) is 11.2.